The SMILES string of the molecule is CCN(CC)c1ncc(/C=C(/C)C(C)=O)s1. The Balaban J connectivity index is 2.87. The lowest BCUT2D eigenvalue weighted by Gasteiger charge is -2.16. The van der Waals surface area contributed by atoms with Gasteiger partial charge in [0.2, 0.25) is 0 Å². The lowest BCUT2D eigenvalue weighted by Crippen LogP contribution is -2.21. The predicted octanol–water partition coefficient (Wildman–Crippen LogP) is 2.98. The first-order valence-corrected chi connectivity index (χ1v) is 6.30. The summed E-state index contributed by atoms with van der Waals surface area (Å²) >= 11 is 1.62. The smallest absolute Gasteiger partial charge is 0.185 e. The zero-order valence-electron chi connectivity index (χ0n) is 10.3. The number of anilines is 1. The van der Waals surface area contributed by atoms with Crippen molar-refractivity contribution < 1.29 is 4.79 Å². The number of nitrogens with zero attached hydrogens (tertiary/aromatic N) is 2. The molecule has 0 bridgehead atoms. The van der Waals surface area contributed by atoms with Crippen LogP contribution in [0.15, 0.2) is 11.8 Å². The minimum absolute atomic E-state index is 0.109. The van der Waals surface area contributed by atoms with E-state index in [1.165, 1.54) is 0 Å². The van der Waals surface area contributed by atoms with E-state index in [1.54, 1.807) is 18.3 Å². The van der Waals surface area contributed by atoms with Crippen LogP contribution < -0.4 is 4.90 Å². The first-order chi connectivity index (χ1) is 7.58. The van der Waals surface area contributed by atoms with Crippen molar-refractivity contribution in [1.29, 1.82) is 0 Å². The summed E-state index contributed by atoms with van der Waals surface area (Å²) in [7, 11) is 0. The van der Waals surface area contributed by atoms with Gasteiger partial charge in [0.15, 0.2) is 10.9 Å². The molecule has 1 aromatic heterocycles. The van der Waals surface area contributed by atoms with Crippen LogP contribution in [0.5, 0.6) is 0 Å². The Morgan fingerprint density at radius 2 is 2.06 bits per heavy atom. The van der Waals surface area contributed by atoms with Crippen molar-refractivity contribution in [1.82, 2.24) is 4.98 Å². The van der Waals surface area contributed by atoms with Crippen molar-refractivity contribution in [3.8, 4) is 0 Å². The molecule has 88 valence electrons. The third-order valence-corrected chi connectivity index (χ3v) is 3.46. The van der Waals surface area contributed by atoms with Crippen LogP contribution in [-0.2, 0) is 4.79 Å². The Kier molecular flexibility index (Phi) is 4.68. The van der Waals surface area contributed by atoms with Gasteiger partial charge in [-0.1, -0.05) is 11.3 Å². The molecule has 0 radical (unpaired) electrons. The van der Waals surface area contributed by atoms with Gasteiger partial charge < -0.3 is 4.90 Å². The van der Waals surface area contributed by atoms with E-state index in [-0.39, 0.29) is 5.78 Å². The van der Waals surface area contributed by atoms with E-state index >= 15 is 0 Å². The molecule has 0 aliphatic carbocycles. The highest BCUT2D eigenvalue weighted by molar-refractivity contribution is 7.16. The van der Waals surface area contributed by atoms with Gasteiger partial charge in [0.25, 0.3) is 0 Å². The summed E-state index contributed by atoms with van der Waals surface area (Å²) in [6.45, 7) is 9.55. The highest BCUT2D eigenvalue weighted by Gasteiger charge is 2.07. The number of carbonyl (C=O) groups is 1. The fraction of sp³-hybridized carbons (Fsp3) is 0.500. The molecule has 0 saturated heterocycles. The summed E-state index contributed by atoms with van der Waals surface area (Å²) < 4.78 is 0. The number of hydrogen-bond acceptors (Lipinski definition) is 4. The van der Waals surface area contributed by atoms with Gasteiger partial charge in [-0.05, 0) is 39.3 Å². The molecule has 0 aromatic carbocycles. The van der Waals surface area contributed by atoms with Crippen molar-refractivity contribution >= 4 is 28.3 Å². The number of hydrogen-bond donors (Lipinski definition) is 0. The first-order valence-electron chi connectivity index (χ1n) is 5.48. The minimum atomic E-state index is 0.109. The number of allylic oxidation sites excluding steroid dienone is 1. The van der Waals surface area contributed by atoms with Crippen molar-refractivity contribution in [2.24, 2.45) is 0 Å². The number of Topliss-reactive ketones (excluding diaryl/α,β-unsaturated/α-hetero) is 1. The third kappa shape index (κ3) is 3.17. The summed E-state index contributed by atoms with van der Waals surface area (Å²) in [5, 5.41) is 1.02. The van der Waals surface area contributed by atoms with E-state index in [2.05, 4.69) is 23.7 Å². The first kappa shape index (κ1) is 12.9. The Morgan fingerprint density at radius 3 is 2.56 bits per heavy atom. The van der Waals surface area contributed by atoms with Crippen molar-refractivity contribution in [3.63, 3.8) is 0 Å². The van der Waals surface area contributed by atoms with Crippen LogP contribution in [0.1, 0.15) is 32.6 Å². The summed E-state index contributed by atoms with van der Waals surface area (Å²) in [6.07, 6.45) is 3.72. The monoisotopic (exact) mass is 238 g/mol. The molecule has 0 aliphatic heterocycles. The molecule has 16 heavy (non-hydrogen) atoms. The van der Waals surface area contributed by atoms with E-state index in [1.807, 2.05) is 19.2 Å². The molecular weight excluding hydrogens is 220 g/mol. The standard InChI is InChI=1S/C12H18N2OS/c1-5-14(6-2)12-13-8-11(16-12)7-9(3)10(4)15/h7-8H,5-6H2,1-4H3/b9-7-. The van der Waals surface area contributed by atoms with E-state index < -0.39 is 0 Å². The Hall–Kier alpha value is -1.16. The number of ketones is 1. The molecule has 1 aromatic rings. The van der Waals surface area contributed by atoms with Gasteiger partial charge in [-0.3, -0.25) is 4.79 Å². The van der Waals surface area contributed by atoms with Crippen LogP contribution in [0.4, 0.5) is 5.13 Å². The summed E-state index contributed by atoms with van der Waals surface area (Å²) in [6, 6.07) is 0. The quantitative estimate of drug-likeness (QED) is 0.739. The summed E-state index contributed by atoms with van der Waals surface area (Å²) in [4.78, 5) is 18.7. The van der Waals surface area contributed by atoms with Crippen molar-refractivity contribution in [2.75, 3.05) is 18.0 Å². The number of rotatable bonds is 5. The van der Waals surface area contributed by atoms with E-state index in [9.17, 15) is 4.79 Å². The zero-order chi connectivity index (χ0) is 12.1. The van der Waals surface area contributed by atoms with Gasteiger partial charge >= 0.3 is 0 Å². The lowest BCUT2D eigenvalue weighted by molar-refractivity contribution is -0.113. The van der Waals surface area contributed by atoms with Crippen molar-refractivity contribution in [2.45, 2.75) is 27.7 Å². The van der Waals surface area contributed by atoms with Gasteiger partial charge in [0, 0.05) is 24.2 Å². The molecule has 0 atom stereocenters. The molecule has 4 heteroatoms. The average Bonchev–Trinajstić information content (AvgIpc) is 2.68. The number of aromatic nitrogens is 1. The Labute approximate surface area is 101 Å². The second-order valence-electron chi connectivity index (χ2n) is 3.60. The molecule has 0 fully saturated rings. The van der Waals surface area contributed by atoms with Crippen LogP contribution in [0.25, 0.3) is 6.08 Å². The normalized spacial score (nSPS) is 11.6. The third-order valence-electron chi connectivity index (χ3n) is 2.46. The van der Waals surface area contributed by atoms with Crippen LogP contribution in [-0.4, -0.2) is 23.9 Å². The Morgan fingerprint density at radius 1 is 1.44 bits per heavy atom. The molecule has 0 N–H and O–H groups in total. The molecule has 0 saturated carbocycles. The topological polar surface area (TPSA) is 33.2 Å². The highest BCUT2D eigenvalue weighted by Crippen LogP contribution is 2.24. The van der Waals surface area contributed by atoms with Crippen LogP contribution >= 0.6 is 11.3 Å². The molecule has 3 nitrogen and oxygen atoms in total. The number of carbonyl (C=O) groups excluding carboxylic acids is 1. The van der Waals surface area contributed by atoms with Crippen LogP contribution in [0, 0.1) is 0 Å². The van der Waals surface area contributed by atoms with Crippen LogP contribution in [0.3, 0.4) is 0 Å². The molecule has 1 rings (SSSR count). The van der Waals surface area contributed by atoms with Gasteiger partial charge in [0.1, 0.15) is 0 Å². The Bertz CT molecular complexity index is 391. The molecule has 0 aliphatic rings. The van der Waals surface area contributed by atoms with E-state index in [4.69, 9.17) is 0 Å². The molecule has 0 amide bonds. The summed E-state index contributed by atoms with van der Waals surface area (Å²) in [5.74, 6) is 0.109. The lowest BCUT2D eigenvalue weighted by atomic mass is 10.2. The molecule has 0 unspecified atom stereocenters. The highest BCUT2D eigenvalue weighted by atomic mass is 32.1. The zero-order valence-corrected chi connectivity index (χ0v) is 11.1. The number of thiazole rings is 1. The average molecular weight is 238 g/mol. The van der Waals surface area contributed by atoms with Gasteiger partial charge in [-0.15, -0.1) is 0 Å². The second kappa shape index (κ2) is 5.80. The second-order valence-corrected chi connectivity index (χ2v) is 4.64. The fourth-order valence-electron chi connectivity index (χ4n) is 1.30. The summed E-state index contributed by atoms with van der Waals surface area (Å²) in [5.41, 5.74) is 0.773. The molecule has 1 heterocycles. The molecule has 0 spiro atoms. The van der Waals surface area contributed by atoms with Gasteiger partial charge in [-0.2, -0.15) is 0 Å². The molecular formula is C12H18N2OS. The van der Waals surface area contributed by atoms with E-state index in [0.717, 1.165) is 28.7 Å². The maximum atomic E-state index is 11.1. The van der Waals surface area contributed by atoms with Gasteiger partial charge in [0.05, 0.1) is 0 Å². The maximum Gasteiger partial charge on any atom is 0.185 e. The van der Waals surface area contributed by atoms with E-state index in [0.29, 0.717) is 0 Å². The van der Waals surface area contributed by atoms with Gasteiger partial charge in [-0.25, -0.2) is 4.98 Å². The minimum Gasteiger partial charge on any atom is -0.349 e. The maximum absolute atomic E-state index is 11.1. The fourth-order valence-corrected chi connectivity index (χ4v) is 2.34. The largest absolute Gasteiger partial charge is 0.349 e. The van der Waals surface area contributed by atoms with Crippen LogP contribution in [0.2, 0.25) is 0 Å². The van der Waals surface area contributed by atoms with Crippen molar-refractivity contribution in [3.05, 3.63) is 16.6 Å². The predicted molar refractivity (Wildman–Crippen MR) is 70.0 cm³/mol.